The number of aromatic nitrogens is 1. The second-order valence-electron chi connectivity index (χ2n) is 12.2. The Morgan fingerprint density at radius 2 is 1.73 bits per heavy atom. The van der Waals surface area contributed by atoms with Gasteiger partial charge in [0.2, 0.25) is 11.8 Å². The van der Waals surface area contributed by atoms with E-state index in [1.807, 2.05) is 11.9 Å². The quantitative estimate of drug-likeness (QED) is 0.210. The fraction of sp³-hybridized carbons (Fsp3) is 0.424. The van der Waals surface area contributed by atoms with Gasteiger partial charge in [0, 0.05) is 29.6 Å². The van der Waals surface area contributed by atoms with Crippen molar-refractivity contribution in [2.24, 2.45) is 0 Å². The van der Waals surface area contributed by atoms with E-state index in [1.54, 1.807) is 36.4 Å². The lowest BCUT2D eigenvalue weighted by molar-refractivity contribution is -0.799. The Morgan fingerprint density at radius 3 is 2.40 bits per heavy atom. The number of rotatable bonds is 8. The first-order valence-electron chi connectivity index (χ1n) is 15.6. The predicted octanol–water partition coefficient (Wildman–Crippen LogP) is 2.78. The van der Waals surface area contributed by atoms with Crippen molar-refractivity contribution in [2.75, 3.05) is 53.3 Å². The van der Waals surface area contributed by atoms with Crippen LogP contribution < -0.4 is 24.6 Å². The fourth-order valence-electron chi connectivity index (χ4n) is 7.62. The van der Waals surface area contributed by atoms with Crippen molar-refractivity contribution in [3.63, 3.8) is 0 Å². The van der Waals surface area contributed by atoms with Crippen LogP contribution in [0.25, 0.3) is 0 Å². The minimum Gasteiger partial charge on any atom is -0.497 e. The number of piperazine rings is 1. The highest BCUT2D eigenvalue weighted by atomic mass is 35.5. The van der Waals surface area contributed by atoms with Crippen LogP contribution in [0.2, 0.25) is 0 Å². The Kier molecular flexibility index (Phi) is 9.30. The lowest BCUT2D eigenvalue weighted by atomic mass is 9.80. The molecule has 13 nitrogen and oxygen atoms in total. The maximum atomic E-state index is 15.3. The molecule has 5 unspecified atom stereocenters. The smallest absolute Gasteiger partial charge is 0.337 e. The third-order valence-electron chi connectivity index (χ3n) is 9.86. The second kappa shape index (κ2) is 13.2. The molecule has 1 aromatic heterocycles. The molecule has 1 N–H and O–H groups in total. The third kappa shape index (κ3) is 5.35. The molecule has 15 heteroatoms. The normalized spacial score (nSPS) is 26.8. The van der Waals surface area contributed by atoms with E-state index >= 15 is 8.42 Å². The van der Waals surface area contributed by atoms with Crippen LogP contribution in [0.1, 0.15) is 35.9 Å². The van der Waals surface area contributed by atoms with Crippen LogP contribution in [0.15, 0.2) is 65.7 Å². The maximum absolute atomic E-state index is 15.3. The predicted molar refractivity (Wildman–Crippen MR) is 174 cm³/mol. The molecule has 4 heterocycles. The van der Waals surface area contributed by atoms with Crippen LogP contribution in [0, 0.1) is 0 Å². The van der Waals surface area contributed by atoms with Crippen LogP contribution in [-0.4, -0.2) is 105 Å². The van der Waals surface area contributed by atoms with Gasteiger partial charge < -0.3 is 34.3 Å². The third-order valence-corrected chi connectivity index (χ3v) is 12.5. The van der Waals surface area contributed by atoms with Gasteiger partial charge in [-0.15, -0.1) is 0 Å². The van der Waals surface area contributed by atoms with Gasteiger partial charge in [-0.2, -0.15) is 12.3 Å². The van der Waals surface area contributed by atoms with E-state index in [9.17, 15) is 14.7 Å². The molecule has 48 heavy (non-hydrogen) atoms. The summed E-state index contributed by atoms with van der Waals surface area (Å²) in [6.07, 6.45) is 0.930. The zero-order chi connectivity index (χ0) is 34.4. The van der Waals surface area contributed by atoms with Crippen LogP contribution in [0.5, 0.6) is 17.4 Å². The summed E-state index contributed by atoms with van der Waals surface area (Å²) >= 11 is 7.27. The molecule has 3 aromatic rings. The van der Waals surface area contributed by atoms with Crippen LogP contribution in [0.3, 0.4) is 0 Å². The highest BCUT2D eigenvalue weighted by molar-refractivity contribution is 7.86. The Morgan fingerprint density at radius 1 is 1.02 bits per heavy atom. The van der Waals surface area contributed by atoms with Gasteiger partial charge in [0.1, 0.15) is 35.5 Å². The molecule has 2 saturated heterocycles. The largest absolute Gasteiger partial charge is 0.497 e. The number of piperidine rings is 1. The summed E-state index contributed by atoms with van der Waals surface area (Å²) in [7, 11) is 1.11. The number of sulfonamides is 1. The summed E-state index contributed by atoms with van der Waals surface area (Å²) in [6, 6.07) is 11.4. The number of carbonyl (C=O) groups is 2. The number of alkyl halides is 1. The molecule has 2 aromatic carbocycles. The van der Waals surface area contributed by atoms with Gasteiger partial charge >= 0.3 is 10.0 Å². The number of halogens is 1. The number of quaternary nitrogens is 1. The van der Waals surface area contributed by atoms with Gasteiger partial charge in [-0.3, -0.25) is 9.69 Å². The van der Waals surface area contributed by atoms with E-state index in [1.165, 1.54) is 45.7 Å². The molecule has 256 valence electrons. The molecule has 0 saturated carbocycles. The SMILES string of the molecule is COc1ccc(S(=O)(=O)[N+]2(C(=O)[O-])CC(Cl)N(C3CCN(C)CC3)C(c3cccnc3OC)C2C2C(=O)Nc3ccccc32)c(OC)c1. The molecule has 0 aliphatic carbocycles. The first-order valence-corrected chi connectivity index (χ1v) is 17.4. The summed E-state index contributed by atoms with van der Waals surface area (Å²) in [5, 5.41) is 16.8. The molecular formula is C33H38ClN5O8S. The number of para-hydroxylation sites is 1. The number of methoxy groups -OCH3 is 3. The molecular weight excluding hydrogens is 662 g/mol. The molecule has 0 spiro atoms. The minimum absolute atomic E-state index is 0.137. The van der Waals surface area contributed by atoms with Gasteiger partial charge in [-0.1, -0.05) is 35.9 Å². The van der Waals surface area contributed by atoms with Gasteiger partial charge in [-0.25, -0.2) is 4.98 Å². The van der Waals surface area contributed by atoms with Crippen molar-refractivity contribution in [3.8, 4) is 17.4 Å². The molecule has 0 radical (unpaired) electrons. The zero-order valence-electron chi connectivity index (χ0n) is 27.0. The number of benzene rings is 2. The van der Waals surface area contributed by atoms with Crippen molar-refractivity contribution in [1.82, 2.24) is 14.8 Å². The number of hydrogen-bond acceptors (Lipinski definition) is 11. The second-order valence-corrected chi connectivity index (χ2v) is 14.8. The number of anilines is 1. The minimum atomic E-state index is -5.03. The van der Waals surface area contributed by atoms with E-state index in [-0.39, 0.29) is 17.7 Å². The standard InChI is InChI=1S/C33H38ClN5O8S/c1-37-16-13-20(14-17-37)38-27(34)19-39(33(41)42,48(43,44)26-12-11-21(45-2)18-25(26)46-3)30(29(38)23-9-7-15-35-32(23)47-4)28-22-8-5-6-10-24(22)36-31(28)40/h5-12,15,18,20,27-30H,13-14,16-17,19H2,1-4H3,(H-,36,40,41,42). The summed E-state index contributed by atoms with van der Waals surface area (Å²) in [4.78, 5) is 36.3. The number of nitrogens with one attached hydrogen (secondary N) is 1. The fourth-order valence-corrected chi connectivity index (χ4v) is 10.3. The number of hydrogen-bond donors (Lipinski definition) is 1. The van der Waals surface area contributed by atoms with E-state index in [4.69, 9.17) is 25.8 Å². The van der Waals surface area contributed by atoms with Crippen molar-refractivity contribution >= 4 is 39.3 Å². The number of carbonyl (C=O) groups excluding carboxylic acids is 2. The lowest BCUT2D eigenvalue weighted by Crippen LogP contribution is -2.77. The Labute approximate surface area is 284 Å². The molecule has 2 amide bonds. The number of ether oxygens (including phenoxy) is 3. The number of pyridine rings is 1. The van der Waals surface area contributed by atoms with Crippen molar-refractivity contribution in [1.29, 1.82) is 0 Å². The van der Waals surface area contributed by atoms with Crippen molar-refractivity contribution < 1.29 is 41.2 Å². The molecule has 0 bridgehead atoms. The summed E-state index contributed by atoms with van der Waals surface area (Å²) in [5.41, 5.74) is 0.171. The maximum Gasteiger partial charge on any atom is 0.337 e. The zero-order valence-corrected chi connectivity index (χ0v) is 28.6. The molecule has 3 aliphatic rings. The molecule has 5 atom stereocenters. The van der Waals surface area contributed by atoms with E-state index in [2.05, 4.69) is 15.2 Å². The highest BCUT2D eigenvalue weighted by Gasteiger charge is 2.67. The van der Waals surface area contributed by atoms with Gasteiger partial charge in [0.25, 0.3) is 6.09 Å². The first-order chi connectivity index (χ1) is 23.0. The Bertz CT molecular complexity index is 1820. The Balaban J connectivity index is 1.70. The molecule has 6 rings (SSSR count). The number of nitrogens with zero attached hydrogens (tertiary/aromatic N) is 4. The first kappa shape index (κ1) is 33.9. The average molecular weight is 700 g/mol. The summed E-state index contributed by atoms with van der Waals surface area (Å²) < 4.78 is 45.4. The monoisotopic (exact) mass is 699 g/mol. The summed E-state index contributed by atoms with van der Waals surface area (Å²) in [6.45, 7) is 0.839. The van der Waals surface area contributed by atoms with Crippen LogP contribution in [-0.2, 0) is 14.8 Å². The molecule has 2 fully saturated rings. The van der Waals surface area contributed by atoms with E-state index < -0.39 is 60.9 Å². The van der Waals surface area contributed by atoms with Gasteiger partial charge in [0.05, 0.1) is 27.4 Å². The number of carboxylic acid groups (broad SMARTS) is 1. The van der Waals surface area contributed by atoms with Crippen molar-refractivity contribution in [3.05, 3.63) is 71.9 Å². The average Bonchev–Trinajstić information content (AvgIpc) is 3.42. The number of amides is 2. The lowest BCUT2D eigenvalue weighted by Gasteiger charge is -2.57. The van der Waals surface area contributed by atoms with Gasteiger partial charge in [0.15, 0.2) is 4.90 Å². The molecule has 3 aliphatic heterocycles. The summed E-state index contributed by atoms with van der Waals surface area (Å²) in [5.74, 6) is -1.51. The Hall–Kier alpha value is -3.95. The van der Waals surface area contributed by atoms with E-state index in [0.717, 1.165) is 13.1 Å². The van der Waals surface area contributed by atoms with Crippen molar-refractivity contribution in [2.45, 2.75) is 47.3 Å². The number of fused-ring (bicyclic) bond motifs is 1. The van der Waals surface area contributed by atoms with Crippen LogP contribution in [0.4, 0.5) is 10.5 Å². The van der Waals surface area contributed by atoms with Crippen LogP contribution >= 0.6 is 11.6 Å². The van der Waals surface area contributed by atoms with E-state index in [0.29, 0.717) is 35.4 Å². The highest BCUT2D eigenvalue weighted by Crippen LogP contribution is 2.54. The van der Waals surface area contributed by atoms with Gasteiger partial charge in [-0.05, 0) is 62.8 Å². The topological polar surface area (TPSA) is 150 Å². The number of likely N-dealkylation sites (tertiary alicyclic amines) is 1.